The largest absolute Gasteiger partial charge is 0.495 e. The van der Waals surface area contributed by atoms with Gasteiger partial charge < -0.3 is 4.74 Å². The van der Waals surface area contributed by atoms with E-state index in [0.717, 1.165) is 12.1 Å². The molecule has 0 atom stereocenters. The van der Waals surface area contributed by atoms with E-state index in [0.29, 0.717) is 5.76 Å². The van der Waals surface area contributed by atoms with E-state index < -0.39 is 0 Å². The van der Waals surface area contributed by atoms with E-state index >= 15 is 0 Å². The van der Waals surface area contributed by atoms with E-state index in [-0.39, 0.29) is 0 Å². The highest BCUT2D eigenvalue weighted by Gasteiger charge is 1.96. The molecule has 0 fully saturated rings. The van der Waals surface area contributed by atoms with Crippen molar-refractivity contribution >= 4 is 6.72 Å². The Morgan fingerprint density at radius 3 is 2.40 bits per heavy atom. The van der Waals surface area contributed by atoms with Gasteiger partial charge in [0.15, 0.2) is 0 Å². The fourth-order valence-electron chi connectivity index (χ4n) is 0.683. The molecule has 0 heterocycles. The van der Waals surface area contributed by atoms with Gasteiger partial charge in [-0.15, -0.1) is 0 Å². The smallest absolute Gasteiger partial charge is 0.139 e. The second-order valence-corrected chi connectivity index (χ2v) is 1.73. The van der Waals surface area contributed by atoms with Crippen molar-refractivity contribution in [2.24, 2.45) is 4.99 Å². The molecular formula is C8H13NO. The molecular weight excluding hydrogens is 126 g/mol. The van der Waals surface area contributed by atoms with E-state index in [9.17, 15) is 0 Å². The van der Waals surface area contributed by atoms with Crippen molar-refractivity contribution < 1.29 is 4.74 Å². The van der Waals surface area contributed by atoms with Crippen LogP contribution in [0.1, 0.15) is 13.3 Å². The Morgan fingerprint density at radius 2 is 2.30 bits per heavy atom. The van der Waals surface area contributed by atoms with Crippen molar-refractivity contribution in [2.75, 3.05) is 7.11 Å². The third kappa shape index (κ3) is 2.05. The second kappa shape index (κ2) is 4.79. The molecule has 0 spiro atoms. The van der Waals surface area contributed by atoms with Crippen molar-refractivity contribution in [1.29, 1.82) is 0 Å². The minimum absolute atomic E-state index is 0.706. The minimum Gasteiger partial charge on any atom is -0.495 e. The van der Waals surface area contributed by atoms with Gasteiger partial charge in [-0.05, 0) is 19.2 Å². The van der Waals surface area contributed by atoms with Crippen LogP contribution in [0.2, 0.25) is 0 Å². The van der Waals surface area contributed by atoms with Gasteiger partial charge in [-0.3, -0.25) is 4.99 Å². The van der Waals surface area contributed by atoms with Crippen molar-refractivity contribution in [1.82, 2.24) is 0 Å². The van der Waals surface area contributed by atoms with Crippen LogP contribution in [0.5, 0.6) is 0 Å². The lowest BCUT2D eigenvalue weighted by Crippen LogP contribution is -1.87. The zero-order chi connectivity index (χ0) is 7.98. The summed E-state index contributed by atoms with van der Waals surface area (Å²) in [6, 6.07) is 0. The number of ether oxygens (including phenoxy) is 1. The summed E-state index contributed by atoms with van der Waals surface area (Å²) in [4.78, 5) is 3.78. The van der Waals surface area contributed by atoms with Gasteiger partial charge in [0.05, 0.1) is 12.8 Å². The molecule has 0 aromatic heterocycles. The highest BCUT2D eigenvalue weighted by atomic mass is 16.5. The topological polar surface area (TPSA) is 21.6 Å². The maximum absolute atomic E-state index is 4.97. The van der Waals surface area contributed by atoms with Gasteiger partial charge in [0.2, 0.25) is 0 Å². The van der Waals surface area contributed by atoms with Crippen LogP contribution >= 0.6 is 0 Å². The highest BCUT2D eigenvalue weighted by Crippen LogP contribution is 2.10. The summed E-state index contributed by atoms with van der Waals surface area (Å²) in [5.41, 5.74) is 0.845. The van der Waals surface area contributed by atoms with E-state index in [4.69, 9.17) is 4.74 Å². The summed E-state index contributed by atoms with van der Waals surface area (Å²) < 4.78 is 4.97. The average Bonchev–Trinajstić information content (AvgIpc) is 2.00. The van der Waals surface area contributed by atoms with Gasteiger partial charge in [-0.2, -0.15) is 0 Å². The first-order valence-corrected chi connectivity index (χ1v) is 3.16. The molecule has 0 aromatic carbocycles. The lowest BCUT2D eigenvalue weighted by atomic mass is 10.3. The SMILES string of the molecule is C=C/C(OC)=C(/CC)N=C. The van der Waals surface area contributed by atoms with Crippen LogP contribution in [-0.2, 0) is 4.74 Å². The number of hydrogen-bond acceptors (Lipinski definition) is 2. The van der Waals surface area contributed by atoms with Gasteiger partial charge >= 0.3 is 0 Å². The number of allylic oxidation sites excluding steroid dienone is 2. The maximum Gasteiger partial charge on any atom is 0.139 e. The zero-order valence-corrected chi connectivity index (χ0v) is 6.55. The lowest BCUT2D eigenvalue weighted by Gasteiger charge is -2.02. The van der Waals surface area contributed by atoms with Crippen LogP contribution in [0.3, 0.4) is 0 Å². The molecule has 56 valence electrons. The van der Waals surface area contributed by atoms with E-state index in [1.54, 1.807) is 13.2 Å². The van der Waals surface area contributed by atoms with Gasteiger partial charge in [0, 0.05) is 0 Å². The fraction of sp³-hybridized carbons (Fsp3) is 0.375. The number of aliphatic imine (C=N–C) groups is 1. The van der Waals surface area contributed by atoms with Crippen molar-refractivity contribution in [3.8, 4) is 0 Å². The Morgan fingerprint density at radius 1 is 1.70 bits per heavy atom. The van der Waals surface area contributed by atoms with Crippen LogP contribution in [0.4, 0.5) is 0 Å². The predicted molar refractivity (Wildman–Crippen MR) is 44.1 cm³/mol. The van der Waals surface area contributed by atoms with Crippen molar-refractivity contribution in [3.63, 3.8) is 0 Å². The van der Waals surface area contributed by atoms with Crippen molar-refractivity contribution in [2.45, 2.75) is 13.3 Å². The Bertz CT molecular complexity index is 141. The standard InChI is InChI=1S/C8H13NO/c1-5-7(9-3)8(6-2)10-4/h6H,2-3,5H2,1,4H3/b8-7+. The number of hydrogen-bond donors (Lipinski definition) is 0. The van der Waals surface area contributed by atoms with Gasteiger partial charge in [-0.1, -0.05) is 13.5 Å². The predicted octanol–water partition coefficient (Wildman–Crippen LogP) is 2.14. The molecule has 0 bridgehead atoms. The first-order chi connectivity index (χ1) is 4.79. The monoisotopic (exact) mass is 139 g/mol. The molecule has 2 heteroatoms. The molecule has 0 radical (unpaired) electrons. The van der Waals surface area contributed by atoms with Crippen LogP contribution in [0.15, 0.2) is 29.1 Å². The molecule has 0 saturated heterocycles. The Labute approximate surface area is 61.9 Å². The summed E-state index contributed by atoms with van der Waals surface area (Å²) in [5.74, 6) is 0.706. The van der Waals surface area contributed by atoms with E-state index in [1.807, 2.05) is 6.92 Å². The molecule has 0 aliphatic rings. The summed E-state index contributed by atoms with van der Waals surface area (Å²) in [6.45, 7) is 8.98. The zero-order valence-electron chi connectivity index (χ0n) is 6.55. The normalized spacial score (nSPS) is 11.8. The third-order valence-electron chi connectivity index (χ3n) is 1.22. The first-order valence-electron chi connectivity index (χ1n) is 3.16. The minimum atomic E-state index is 0.706. The molecule has 2 nitrogen and oxygen atoms in total. The molecule has 0 amide bonds. The van der Waals surface area contributed by atoms with Gasteiger partial charge in [0.1, 0.15) is 5.76 Å². The Hall–Kier alpha value is -1.05. The first kappa shape index (κ1) is 8.95. The summed E-state index contributed by atoms with van der Waals surface area (Å²) in [6.07, 6.45) is 2.45. The Kier molecular flexibility index (Phi) is 4.29. The van der Waals surface area contributed by atoms with Crippen LogP contribution < -0.4 is 0 Å². The van der Waals surface area contributed by atoms with Gasteiger partial charge in [0.25, 0.3) is 0 Å². The quantitative estimate of drug-likeness (QED) is 0.332. The molecule has 0 aliphatic carbocycles. The summed E-state index contributed by atoms with van der Waals surface area (Å²) in [5, 5.41) is 0. The number of methoxy groups -OCH3 is 1. The maximum atomic E-state index is 4.97. The number of rotatable bonds is 4. The molecule has 0 unspecified atom stereocenters. The van der Waals surface area contributed by atoms with Gasteiger partial charge in [-0.25, -0.2) is 0 Å². The van der Waals surface area contributed by atoms with Crippen LogP contribution in [0, 0.1) is 0 Å². The van der Waals surface area contributed by atoms with E-state index in [1.165, 1.54) is 0 Å². The molecule has 0 aromatic rings. The average molecular weight is 139 g/mol. The fourth-order valence-corrected chi connectivity index (χ4v) is 0.683. The molecule has 0 aliphatic heterocycles. The lowest BCUT2D eigenvalue weighted by molar-refractivity contribution is 0.301. The third-order valence-corrected chi connectivity index (χ3v) is 1.22. The molecule has 0 rings (SSSR count). The molecule has 0 saturated carbocycles. The summed E-state index contributed by atoms with van der Waals surface area (Å²) in [7, 11) is 1.60. The molecule has 0 N–H and O–H groups in total. The van der Waals surface area contributed by atoms with Crippen LogP contribution in [-0.4, -0.2) is 13.8 Å². The van der Waals surface area contributed by atoms with E-state index in [2.05, 4.69) is 18.3 Å². The van der Waals surface area contributed by atoms with Crippen LogP contribution in [0.25, 0.3) is 0 Å². The highest BCUT2D eigenvalue weighted by molar-refractivity contribution is 5.31. The Balaban J connectivity index is 4.50. The summed E-state index contributed by atoms with van der Waals surface area (Å²) >= 11 is 0. The van der Waals surface area contributed by atoms with Crippen molar-refractivity contribution in [3.05, 3.63) is 24.1 Å². The second-order valence-electron chi connectivity index (χ2n) is 1.73. The number of nitrogens with zero attached hydrogens (tertiary/aromatic N) is 1. The molecule has 10 heavy (non-hydrogen) atoms.